The van der Waals surface area contributed by atoms with Gasteiger partial charge in [-0.2, -0.15) is 0 Å². The number of hydrogen-bond donors (Lipinski definition) is 0. The molecule has 0 amide bonds. The normalized spacial score (nSPS) is 29.4. The van der Waals surface area contributed by atoms with Crippen molar-refractivity contribution in [3.63, 3.8) is 0 Å². The average Bonchev–Trinajstić information content (AvgIpc) is 1.88. The number of piperazine rings is 1. The van der Waals surface area contributed by atoms with Gasteiger partial charge in [0, 0.05) is 25.7 Å². The van der Waals surface area contributed by atoms with Gasteiger partial charge in [0.05, 0.1) is 0 Å². The molecular weight excluding hydrogens is 124 g/mol. The van der Waals surface area contributed by atoms with Crippen LogP contribution in [0, 0.1) is 5.92 Å². The molecule has 0 aromatic carbocycles. The van der Waals surface area contributed by atoms with Crippen molar-refractivity contribution in [2.75, 3.05) is 26.7 Å². The Morgan fingerprint density at radius 3 is 2.60 bits per heavy atom. The Bertz CT molecular complexity index is 101. The van der Waals surface area contributed by atoms with Crippen LogP contribution in [0.25, 0.3) is 0 Å². The minimum atomic E-state index is 0.582. The molecule has 0 spiro atoms. The molecule has 10 heavy (non-hydrogen) atoms. The number of rotatable bonds is 1. The third-order valence-corrected chi connectivity index (χ3v) is 2.11. The van der Waals surface area contributed by atoms with Crippen LogP contribution in [0.15, 0.2) is 0 Å². The predicted molar refractivity (Wildman–Crippen MR) is 43.1 cm³/mol. The highest BCUT2D eigenvalue weighted by Gasteiger charge is 2.19. The molecule has 1 heterocycles. The molecule has 2 nitrogen and oxygen atoms in total. The van der Waals surface area contributed by atoms with Crippen LogP contribution in [0.3, 0.4) is 0 Å². The van der Waals surface area contributed by atoms with E-state index in [-0.39, 0.29) is 0 Å². The molecule has 0 N–H and O–H groups in total. The summed E-state index contributed by atoms with van der Waals surface area (Å²) >= 11 is 0. The quantitative estimate of drug-likeness (QED) is 0.521. The molecule has 0 aromatic heterocycles. The second kappa shape index (κ2) is 3.35. The third-order valence-electron chi connectivity index (χ3n) is 2.11. The van der Waals surface area contributed by atoms with Gasteiger partial charge in [-0.1, -0.05) is 13.8 Å². The molecule has 2 heteroatoms. The fraction of sp³-hybridized carbons (Fsp3) is 1.00. The Balaban J connectivity index is 2.32. The monoisotopic (exact) mass is 141 g/mol. The van der Waals surface area contributed by atoms with Crippen LogP contribution in [-0.4, -0.2) is 37.6 Å². The van der Waals surface area contributed by atoms with E-state index in [0.717, 1.165) is 19.6 Å². The lowest BCUT2D eigenvalue weighted by atomic mass is 10.0. The lowest BCUT2D eigenvalue weighted by molar-refractivity contribution is 0.203. The topological polar surface area (TPSA) is 17.3 Å². The summed E-state index contributed by atoms with van der Waals surface area (Å²) in [6.07, 6.45) is 0. The van der Waals surface area contributed by atoms with Gasteiger partial charge in [-0.3, -0.25) is 0 Å². The van der Waals surface area contributed by atoms with Gasteiger partial charge in [-0.05, 0) is 13.0 Å². The first kappa shape index (κ1) is 8.02. The maximum Gasteiger partial charge on any atom is 0.0396 e. The number of hydrogen-bond acceptors (Lipinski definition) is 1. The summed E-state index contributed by atoms with van der Waals surface area (Å²) in [6.45, 7) is 7.81. The molecule has 1 atom stereocenters. The van der Waals surface area contributed by atoms with Gasteiger partial charge in [-0.15, -0.1) is 0 Å². The fourth-order valence-corrected chi connectivity index (χ4v) is 1.28. The van der Waals surface area contributed by atoms with Crippen molar-refractivity contribution in [3.05, 3.63) is 0 Å². The van der Waals surface area contributed by atoms with Gasteiger partial charge in [-0.25, -0.2) is 5.32 Å². The summed E-state index contributed by atoms with van der Waals surface area (Å²) in [4.78, 5) is 2.36. The molecular formula is C8H17N2. The lowest BCUT2D eigenvalue weighted by Crippen LogP contribution is -2.47. The van der Waals surface area contributed by atoms with Crippen LogP contribution in [0.1, 0.15) is 13.8 Å². The second-order valence-electron chi connectivity index (χ2n) is 3.48. The molecule has 0 bridgehead atoms. The molecule has 1 saturated heterocycles. The summed E-state index contributed by atoms with van der Waals surface area (Å²) in [7, 11) is 2.17. The van der Waals surface area contributed by atoms with Gasteiger partial charge in [0.2, 0.25) is 0 Å². The zero-order valence-corrected chi connectivity index (χ0v) is 7.17. The third kappa shape index (κ3) is 1.96. The predicted octanol–water partition coefficient (Wildman–Crippen LogP) is 0.561. The van der Waals surface area contributed by atoms with E-state index in [1.165, 1.54) is 0 Å². The first-order chi connectivity index (χ1) is 4.70. The second-order valence-corrected chi connectivity index (χ2v) is 3.48. The molecule has 1 aliphatic rings. The van der Waals surface area contributed by atoms with Crippen molar-refractivity contribution < 1.29 is 0 Å². The first-order valence-corrected chi connectivity index (χ1v) is 4.05. The van der Waals surface area contributed by atoms with E-state index in [9.17, 15) is 0 Å². The molecule has 1 radical (unpaired) electrons. The maximum absolute atomic E-state index is 4.54. The van der Waals surface area contributed by atoms with Gasteiger partial charge in [0.25, 0.3) is 0 Å². The minimum Gasteiger partial charge on any atom is -0.303 e. The zero-order valence-electron chi connectivity index (χ0n) is 7.17. The maximum atomic E-state index is 4.54. The van der Waals surface area contributed by atoms with Crippen LogP contribution in [0.2, 0.25) is 0 Å². The highest BCUT2D eigenvalue weighted by atomic mass is 15.2. The Morgan fingerprint density at radius 1 is 1.50 bits per heavy atom. The molecule has 1 rings (SSSR count). The molecule has 59 valence electrons. The summed E-state index contributed by atoms with van der Waals surface area (Å²) in [6, 6.07) is 0.582. The molecule has 0 aliphatic carbocycles. The average molecular weight is 141 g/mol. The summed E-state index contributed by atoms with van der Waals surface area (Å²) in [5, 5.41) is 4.54. The highest BCUT2D eigenvalue weighted by molar-refractivity contribution is 4.78. The Labute approximate surface area is 63.6 Å². The van der Waals surface area contributed by atoms with E-state index in [4.69, 9.17) is 0 Å². The summed E-state index contributed by atoms with van der Waals surface area (Å²) in [5.41, 5.74) is 0. The summed E-state index contributed by atoms with van der Waals surface area (Å²) < 4.78 is 0. The summed E-state index contributed by atoms with van der Waals surface area (Å²) in [5.74, 6) is 0.711. The number of nitrogens with zero attached hydrogens (tertiary/aromatic N) is 2. The van der Waals surface area contributed by atoms with Crippen LogP contribution in [-0.2, 0) is 0 Å². The minimum absolute atomic E-state index is 0.582. The van der Waals surface area contributed by atoms with E-state index in [2.05, 4.69) is 31.1 Å². The SMILES string of the molecule is CC(C)C1CN(C)CC[N]1. The van der Waals surface area contributed by atoms with Crippen LogP contribution in [0.4, 0.5) is 0 Å². The largest absolute Gasteiger partial charge is 0.303 e. The van der Waals surface area contributed by atoms with Crippen molar-refractivity contribution in [2.24, 2.45) is 5.92 Å². The molecule has 0 saturated carbocycles. The first-order valence-electron chi connectivity index (χ1n) is 4.05. The van der Waals surface area contributed by atoms with Crippen molar-refractivity contribution in [1.29, 1.82) is 0 Å². The van der Waals surface area contributed by atoms with Gasteiger partial charge in [0.1, 0.15) is 0 Å². The van der Waals surface area contributed by atoms with Crippen LogP contribution in [0.5, 0.6) is 0 Å². The van der Waals surface area contributed by atoms with Crippen LogP contribution < -0.4 is 5.32 Å². The zero-order chi connectivity index (χ0) is 7.56. The fourth-order valence-electron chi connectivity index (χ4n) is 1.28. The Hall–Kier alpha value is -0.0800. The van der Waals surface area contributed by atoms with Gasteiger partial charge < -0.3 is 4.90 Å². The van der Waals surface area contributed by atoms with Gasteiger partial charge >= 0.3 is 0 Å². The van der Waals surface area contributed by atoms with Crippen molar-refractivity contribution in [3.8, 4) is 0 Å². The van der Waals surface area contributed by atoms with E-state index < -0.39 is 0 Å². The molecule has 1 unspecified atom stereocenters. The van der Waals surface area contributed by atoms with E-state index >= 15 is 0 Å². The van der Waals surface area contributed by atoms with E-state index in [0.29, 0.717) is 12.0 Å². The van der Waals surface area contributed by atoms with Crippen molar-refractivity contribution in [1.82, 2.24) is 10.2 Å². The number of likely N-dealkylation sites (N-methyl/N-ethyl adjacent to an activating group) is 1. The molecule has 1 aliphatic heterocycles. The van der Waals surface area contributed by atoms with E-state index in [1.54, 1.807) is 0 Å². The molecule has 0 aromatic rings. The molecule has 1 fully saturated rings. The van der Waals surface area contributed by atoms with E-state index in [1.807, 2.05) is 0 Å². The lowest BCUT2D eigenvalue weighted by Gasteiger charge is -2.31. The van der Waals surface area contributed by atoms with Crippen LogP contribution >= 0.6 is 0 Å². The Morgan fingerprint density at radius 2 is 2.20 bits per heavy atom. The Kier molecular flexibility index (Phi) is 2.69. The standard InChI is InChI=1S/C8H17N2/c1-7(2)8-6-10(3)5-4-9-8/h7-8H,4-6H2,1-3H3. The van der Waals surface area contributed by atoms with Gasteiger partial charge in [0.15, 0.2) is 0 Å². The highest BCUT2D eigenvalue weighted by Crippen LogP contribution is 2.07. The van der Waals surface area contributed by atoms with Crippen molar-refractivity contribution in [2.45, 2.75) is 19.9 Å². The van der Waals surface area contributed by atoms with Crippen molar-refractivity contribution >= 4 is 0 Å². The smallest absolute Gasteiger partial charge is 0.0396 e.